The van der Waals surface area contributed by atoms with Crippen molar-refractivity contribution >= 4 is 34.3 Å². The van der Waals surface area contributed by atoms with Gasteiger partial charge in [-0.3, -0.25) is 0 Å². The molecule has 1 heterocycles. The second-order valence-electron chi connectivity index (χ2n) is 4.60. The first kappa shape index (κ1) is 13.6. The molecule has 2 atom stereocenters. The number of morpholine rings is 1. The van der Waals surface area contributed by atoms with E-state index in [0.29, 0.717) is 13.1 Å². The normalized spacial score (nSPS) is 23.8. The summed E-state index contributed by atoms with van der Waals surface area (Å²) in [6.45, 7) is 5.25. The molecular formula is C13H17IN2O2. The number of carbonyl (C=O) groups is 1. The predicted molar refractivity (Wildman–Crippen MR) is 79.8 cm³/mol. The van der Waals surface area contributed by atoms with Crippen molar-refractivity contribution in [3.05, 3.63) is 27.8 Å². The van der Waals surface area contributed by atoms with Crippen LogP contribution in [0.5, 0.6) is 0 Å². The lowest BCUT2D eigenvalue weighted by Crippen LogP contribution is -2.49. The maximum Gasteiger partial charge on any atom is 0.322 e. The van der Waals surface area contributed by atoms with E-state index in [0.717, 1.165) is 9.26 Å². The van der Waals surface area contributed by atoms with E-state index in [1.54, 1.807) is 4.90 Å². The summed E-state index contributed by atoms with van der Waals surface area (Å²) < 4.78 is 6.72. The number of benzene rings is 1. The summed E-state index contributed by atoms with van der Waals surface area (Å²) in [4.78, 5) is 13.9. The van der Waals surface area contributed by atoms with Crippen LogP contribution in [0.15, 0.2) is 24.3 Å². The molecule has 18 heavy (non-hydrogen) atoms. The Morgan fingerprint density at radius 3 is 2.67 bits per heavy atom. The number of urea groups is 1. The van der Waals surface area contributed by atoms with E-state index in [2.05, 4.69) is 27.9 Å². The molecule has 0 bridgehead atoms. The van der Waals surface area contributed by atoms with E-state index in [4.69, 9.17) is 4.74 Å². The molecule has 2 rings (SSSR count). The van der Waals surface area contributed by atoms with Gasteiger partial charge in [0.05, 0.1) is 12.2 Å². The molecule has 1 N–H and O–H groups in total. The van der Waals surface area contributed by atoms with Gasteiger partial charge in [0.15, 0.2) is 0 Å². The van der Waals surface area contributed by atoms with Crippen LogP contribution in [0.25, 0.3) is 0 Å². The second-order valence-corrected chi connectivity index (χ2v) is 5.85. The van der Waals surface area contributed by atoms with Gasteiger partial charge in [-0.15, -0.1) is 0 Å². The fraction of sp³-hybridized carbons (Fsp3) is 0.462. The summed E-state index contributed by atoms with van der Waals surface area (Å²) in [5, 5.41) is 2.92. The highest BCUT2D eigenvalue weighted by molar-refractivity contribution is 14.1. The van der Waals surface area contributed by atoms with E-state index >= 15 is 0 Å². The minimum absolute atomic E-state index is 0.0565. The molecule has 0 spiro atoms. The smallest absolute Gasteiger partial charge is 0.322 e. The summed E-state index contributed by atoms with van der Waals surface area (Å²) in [6, 6.07) is 7.72. The van der Waals surface area contributed by atoms with Gasteiger partial charge < -0.3 is 15.0 Å². The van der Waals surface area contributed by atoms with E-state index in [-0.39, 0.29) is 18.2 Å². The van der Waals surface area contributed by atoms with Gasteiger partial charge in [-0.05, 0) is 54.6 Å². The van der Waals surface area contributed by atoms with Gasteiger partial charge in [0.2, 0.25) is 0 Å². The highest BCUT2D eigenvalue weighted by Gasteiger charge is 2.25. The number of anilines is 1. The van der Waals surface area contributed by atoms with Crippen molar-refractivity contribution < 1.29 is 9.53 Å². The predicted octanol–water partition coefficient (Wildman–Crippen LogP) is 2.93. The Kier molecular flexibility index (Phi) is 4.45. The molecular weight excluding hydrogens is 343 g/mol. The van der Waals surface area contributed by atoms with Crippen molar-refractivity contribution in [3.8, 4) is 0 Å². The van der Waals surface area contributed by atoms with E-state index in [1.807, 2.05) is 38.1 Å². The van der Waals surface area contributed by atoms with Crippen molar-refractivity contribution in [1.29, 1.82) is 0 Å². The molecule has 0 aliphatic carbocycles. The molecule has 0 saturated carbocycles. The number of hydrogen-bond acceptors (Lipinski definition) is 2. The third-order valence-electron chi connectivity index (χ3n) is 2.78. The first-order chi connectivity index (χ1) is 8.54. The number of amides is 2. The number of hydrogen-bond donors (Lipinski definition) is 1. The van der Waals surface area contributed by atoms with Gasteiger partial charge >= 0.3 is 6.03 Å². The molecule has 98 valence electrons. The SMILES string of the molecule is CC1CN(C(=O)Nc2cccc(I)c2)CC(C)O1. The minimum atomic E-state index is -0.0565. The topological polar surface area (TPSA) is 41.6 Å². The van der Waals surface area contributed by atoms with Crippen LogP contribution in [-0.4, -0.2) is 36.2 Å². The number of nitrogens with zero attached hydrogens (tertiary/aromatic N) is 1. The largest absolute Gasteiger partial charge is 0.372 e. The van der Waals surface area contributed by atoms with Gasteiger partial charge in [0.25, 0.3) is 0 Å². The maximum atomic E-state index is 12.1. The zero-order valence-electron chi connectivity index (χ0n) is 10.5. The number of nitrogens with one attached hydrogen (secondary N) is 1. The lowest BCUT2D eigenvalue weighted by molar-refractivity contribution is -0.0530. The molecule has 5 heteroatoms. The highest BCUT2D eigenvalue weighted by Crippen LogP contribution is 2.15. The third kappa shape index (κ3) is 3.58. The Hall–Kier alpha value is -0.820. The van der Waals surface area contributed by atoms with Crippen LogP contribution in [0.2, 0.25) is 0 Å². The van der Waals surface area contributed by atoms with Gasteiger partial charge in [-0.25, -0.2) is 4.79 Å². The van der Waals surface area contributed by atoms with Crippen LogP contribution in [0.3, 0.4) is 0 Å². The van der Waals surface area contributed by atoms with Crippen LogP contribution >= 0.6 is 22.6 Å². The Balaban J connectivity index is 1.99. The van der Waals surface area contributed by atoms with Crippen molar-refractivity contribution in [1.82, 2.24) is 4.90 Å². The van der Waals surface area contributed by atoms with Gasteiger partial charge in [0, 0.05) is 22.3 Å². The zero-order valence-corrected chi connectivity index (χ0v) is 12.7. The van der Waals surface area contributed by atoms with Crippen LogP contribution in [0.4, 0.5) is 10.5 Å². The van der Waals surface area contributed by atoms with Gasteiger partial charge in [-0.2, -0.15) is 0 Å². The van der Waals surface area contributed by atoms with Crippen LogP contribution in [0, 0.1) is 3.57 Å². The van der Waals surface area contributed by atoms with Crippen molar-refractivity contribution in [2.45, 2.75) is 26.1 Å². The molecule has 2 unspecified atom stereocenters. The molecule has 1 aliphatic rings. The van der Waals surface area contributed by atoms with Gasteiger partial charge in [-0.1, -0.05) is 6.07 Å². The van der Waals surface area contributed by atoms with Crippen molar-refractivity contribution in [2.75, 3.05) is 18.4 Å². The standard InChI is InChI=1S/C13H17IN2O2/c1-9-7-16(8-10(2)18-9)13(17)15-12-5-3-4-11(14)6-12/h3-6,9-10H,7-8H2,1-2H3,(H,15,17). The quantitative estimate of drug-likeness (QED) is 0.783. The van der Waals surface area contributed by atoms with Gasteiger partial charge in [0.1, 0.15) is 0 Å². The lowest BCUT2D eigenvalue weighted by atomic mass is 10.2. The molecule has 2 amide bonds. The van der Waals surface area contributed by atoms with Crippen LogP contribution in [-0.2, 0) is 4.74 Å². The van der Waals surface area contributed by atoms with Crippen LogP contribution < -0.4 is 5.32 Å². The van der Waals surface area contributed by atoms with Crippen LogP contribution in [0.1, 0.15) is 13.8 Å². The van der Waals surface area contributed by atoms with Crippen molar-refractivity contribution in [3.63, 3.8) is 0 Å². The summed E-state index contributed by atoms with van der Waals surface area (Å²) in [5.41, 5.74) is 0.832. The second kappa shape index (κ2) is 5.88. The van der Waals surface area contributed by atoms with E-state index < -0.39 is 0 Å². The molecule has 0 radical (unpaired) electrons. The Labute approximate surface area is 121 Å². The molecule has 0 aromatic heterocycles. The molecule has 4 nitrogen and oxygen atoms in total. The number of ether oxygens (including phenoxy) is 1. The average Bonchev–Trinajstić information content (AvgIpc) is 2.27. The molecule has 1 aliphatic heterocycles. The first-order valence-electron chi connectivity index (χ1n) is 6.01. The number of halogens is 1. The molecule has 1 aromatic rings. The zero-order chi connectivity index (χ0) is 13.1. The van der Waals surface area contributed by atoms with E-state index in [1.165, 1.54) is 0 Å². The first-order valence-corrected chi connectivity index (χ1v) is 7.09. The van der Waals surface area contributed by atoms with Crippen molar-refractivity contribution in [2.24, 2.45) is 0 Å². The van der Waals surface area contributed by atoms with E-state index in [9.17, 15) is 4.79 Å². The number of carbonyl (C=O) groups excluding carboxylic acids is 1. The summed E-state index contributed by atoms with van der Waals surface area (Å²) >= 11 is 2.23. The average molecular weight is 360 g/mol. The maximum absolute atomic E-state index is 12.1. The lowest BCUT2D eigenvalue weighted by Gasteiger charge is -2.35. The minimum Gasteiger partial charge on any atom is -0.372 e. The monoisotopic (exact) mass is 360 g/mol. The Morgan fingerprint density at radius 2 is 2.06 bits per heavy atom. The number of rotatable bonds is 1. The Bertz CT molecular complexity index is 429. The molecule has 1 aromatic carbocycles. The highest BCUT2D eigenvalue weighted by atomic mass is 127. The fourth-order valence-electron chi connectivity index (χ4n) is 2.11. The summed E-state index contributed by atoms with van der Waals surface area (Å²) in [7, 11) is 0. The summed E-state index contributed by atoms with van der Waals surface area (Å²) in [6.07, 6.45) is 0.186. The summed E-state index contributed by atoms with van der Waals surface area (Å²) in [5.74, 6) is 0. The third-order valence-corrected chi connectivity index (χ3v) is 3.45. The molecule has 1 fully saturated rings. The molecule has 1 saturated heterocycles. The fourth-order valence-corrected chi connectivity index (χ4v) is 2.66. The Morgan fingerprint density at radius 1 is 1.39 bits per heavy atom.